The summed E-state index contributed by atoms with van der Waals surface area (Å²) in [5.74, 6) is 0. The summed E-state index contributed by atoms with van der Waals surface area (Å²) in [5, 5.41) is 0.0114. The molecule has 0 aliphatic rings. The van der Waals surface area contributed by atoms with Crippen molar-refractivity contribution in [1.29, 1.82) is 0 Å². The predicted molar refractivity (Wildman–Crippen MR) is 62.1 cm³/mol. The summed E-state index contributed by atoms with van der Waals surface area (Å²) in [5.41, 5.74) is 3.84. The first-order valence-electron chi connectivity index (χ1n) is 4.57. The molecule has 0 aliphatic heterocycles. The van der Waals surface area contributed by atoms with Gasteiger partial charge in [-0.3, -0.25) is 0 Å². The minimum Gasteiger partial charge on any atom is -0.327 e. The SMILES string of the molecule is CC(F)(CN)c1ccc(S(C)(=O)=O)c(Cl)c1. The van der Waals surface area contributed by atoms with E-state index in [9.17, 15) is 12.8 Å². The average molecular weight is 266 g/mol. The lowest BCUT2D eigenvalue weighted by Gasteiger charge is -2.19. The third-order valence-corrected chi connectivity index (χ3v) is 3.90. The van der Waals surface area contributed by atoms with E-state index >= 15 is 0 Å². The van der Waals surface area contributed by atoms with Gasteiger partial charge < -0.3 is 5.73 Å². The van der Waals surface area contributed by atoms with Crippen molar-refractivity contribution in [2.45, 2.75) is 17.5 Å². The number of benzene rings is 1. The van der Waals surface area contributed by atoms with Crippen LogP contribution in [0.4, 0.5) is 4.39 Å². The summed E-state index contributed by atoms with van der Waals surface area (Å²) in [6, 6.07) is 3.97. The standard InChI is InChI=1S/C10H13ClFNO2S/c1-10(12,6-13)7-3-4-9(8(11)5-7)16(2,14)15/h3-5H,6,13H2,1-2H3. The van der Waals surface area contributed by atoms with Gasteiger partial charge >= 0.3 is 0 Å². The van der Waals surface area contributed by atoms with Crippen LogP contribution >= 0.6 is 11.6 Å². The molecule has 1 atom stereocenters. The molecule has 0 heterocycles. The summed E-state index contributed by atoms with van der Waals surface area (Å²) in [6.07, 6.45) is 1.05. The van der Waals surface area contributed by atoms with Gasteiger partial charge in [0.05, 0.1) is 9.92 Å². The number of sulfone groups is 1. The molecule has 1 unspecified atom stereocenters. The number of halogens is 2. The van der Waals surface area contributed by atoms with Crippen LogP contribution < -0.4 is 5.73 Å². The predicted octanol–water partition coefficient (Wildman–Crippen LogP) is 1.89. The zero-order valence-corrected chi connectivity index (χ0v) is 10.6. The van der Waals surface area contributed by atoms with Crippen molar-refractivity contribution < 1.29 is 12.8 Å². The van der Waals surface area contributed by atoms with Crippen LogP contribution in [0.2, 0.25) is 5.02 Å². The van der Waals surface area contributed by atoms with E-state index in [2.05, 4.69) is 0 Å². The molecule has 0 fully saturated rings. The molecule has 1 aromatic rings. The van der Waals surface area contributed by atoms with Crippen LogP contribution in [-0.2, 0) is 15.5 Å². The topological polar surface area (TPSA) is 60.2 Å². The lowest BCUT2D eigenvalue weighted by molar-refractivity contribution is 0.203. The first kappa shape index (κ1) is 13.4. The van der Waals surface area contributed by atoms with E-state index in [0.717, 1.165) is 6.26 Å². The van der Waals surface area contributed by atoms with Crippen molar-refractivity contribution in [1.82, 2.24) is 0 Å². The van der Waals surface area contributed by atoms with Gasteiger partial charge in [0.2, 0.25) is 0 Å². The highest BCUT2D eigenvalue weighted by Gasteiger charge is 2.25. The summed E-state index contributed by atoms with van der Waals surface area (Å²) in [7, 11) is -3.39. The monoisotopic (exact) mass is 265 g/mol. The van der Waals surface area contributed by atoms with Crippen molar-refractivity contribution in [3.05, 3.63) is 28.8 Å². The Balaban J connectivity index is 3.30. The Morgan fingerprint density at radius 2 is 2.06 bits per heavy atom. The molecule has 0 radical (unpaired) electrons. The molecule has 1 aromatic carbocycles. The fraction of sp³-hybridized carbons (Fsp3) is 0.400. The van der Waals surface area contributed by atoms with Crippen molar-refractivity contribution >= 4 is 21.4 Å². The van der Waals surface area contributed by atoms with E-state index in [0.29, 0.717) is 0 Å². The Hall–Kier alpha value is -0.650. The second-order valence-corrected chi connectivity index (χ2v) is 6.21. The first-order chi connectivity index (χ1) is 7.18. The van der Waals surface area contributed by atoms with Crippen molar-refractivity contribution in [2.24, 2.45) is 5.73 Å². The normalized spacial score (nSPS) is 15.8. The van der Waals surface area contributed by atoms with E-state index in [1.54, 1.807) is 0 Å². The van der Waals surface area contributed by atoms with Crippen LogP contribution in [0.1, 0.15) is 12.5 Å². The van der Waals surface area contributed by atoms with Gasteiger partial charge in [-0.25, -0.2) is 12.8 Å². The van der Waals surface area contributed by atoms with Crippen LogP contribution in [0.25, 0.3) is 0 Å². The van der Waals surface area contributed by atoms with Gasteiger partial charge in [-0.15, -0.1) is 0 Å². The minimum atomic E-state index is -3.39. The van der Waals surface area contributed by atoms with Gasteiger partial charge in [0.1, 0.15) is 5.67 Å². The minimum absolute atomic E-state index is 0.00858. The quantitative estimate of drug-likeness (QED) is 0.908. The van der Waals surface area contributed by atoms with Crippen LogP contribution in [0, 0.1) is 0 Å². The highest BCUT2D eigenvalue weighted by atomic mass is 35.5. The molecular formula is C10H13ClFNO2S. The lowest BCUT2D eigenvalue weighted by atomic mass is 9.98. The maximum Gasteiger partial charge on any atom is 0.176 e. The Bertz CT molecular complexity index is 500. The molecule has 0 saturated heterocycles. The van der Waals surface area contributed by atoms with E-state index in [1.165, 1.54) is 25.1 Å². The molecular weight excluding hydrogens is 253 g/mol. The molecule has 3 nitrogen and oxygen atoms in total. The third-order valence-electron chi connectivity index (χ3n) is 2.32. The maximum absolute atomic E-state index is 13.8. The fourth-order valence-corrected chi connectivity index (χ4v) is 2.57. The Labute approximate surface area is 99.3 Å². The van der Waals surface area contributed by atoms with Gasteiger partial charge in [0.15, 0.2) is 9.84 Å². The fourth-order valence-electron chi connectivity index (χ4n) is 1.24. The highest BCUT2D eigenvalue weighted by Crippen LogP contribution is 2.30. The van der Waals surface area contributed by atoms with E-state index in [4.69, 9.17) is 17.3 Å². The molecule has 0 amide bonds. The zero-order valence-electron chi connectivity index (χ0n) is 9.00. The number of hydrogen-bond donors (Lipinski definition) is 1. The lowest BCUT2D eigenvalue weighted by Crippen LogP contribution is -2.26. The number of alkyl halides is 1. The molecule has 6 heteroatoms. The molecule has 0 saturated carbocycles. The Morgan fingerprint density at radius 1 is 1.50 bits per heavy atom. The summed E-state index contributed by atoms with van der Waals surface area (Å²) in [6.45, 7) is 1.13. The second-order valence-electron chi connectivity index (χ2n) is 3.82. The number of nitrogens with two attached hydrogens (primary N) is 1. The average Bonchev–Trinajstić information content (AvgIpc) is 2.15. The molecule has 1 rings (SSSR count). The van der Waals surface area contributed by atoms with Crippen LogP contribution in [0.5, 0.6) is 0 Å². The molecule has 90 valence electrons. The zero-order chi connectivity index (χ0) is 12.6. The summed E-state index contributed by atoms with van der Waals surface area (Å²) >= 11 is 5.79. The van der Waals surface area contributed by atoms with Gasteiger partial charge in [-0.2, -0.15) is 0 Å². The largest absolute Gasteiger partial charge is 0.327 e. The molecule has 0 bridgehead atoms. The van der Waals surface area contributed by atoms with Gasteiger partial charge in [0, 0.05) is 12.8 Å². The van der Waals surface area contributed by atoms with E-state index in [-0.39, 0.29) is 22.0 Å². The molecule has 0 spiro atoms. The molecule has 2 N–H and O–H groups in total. The highest BCUT2D eigenvalue weighted by molar-refractivity contribution is 7.90. The maximum atomic E-state index is 13.8. The van der Waals surface area contributed by atoms with Gasteiger partial charge in [-0.1, -0.05) is 17.7 Å². The number of hydrogen-bond acceptors (Lipinski definition) is 3. The van der Waals surface area contributed by atoms with Crippen LogP contribution in [0.15, 0.2) is 23.1 Å². The van der Waals surface area contributed by atoms with E-state index < -0.39 is 15.5 Å². The number of rotatable bonds is 3. The van der Waals surface area contributed by atoms with Crippen molar-refractivity contribution in [3.63, 3.8) is 0 Å². The van der Waals surface area contributed by atoms with Gasteiger partial charge in [0.25, 0.3) is 0 Å². The van der Waals surface area contributed by atoms with Crippen molar-refractivity contribution in [2.75, 3.05) is 12.8 Å². The third kappa shape index (κ3) is 2.72. The van der Waals surface area contributed by atoms with Crippen molar-refractivity contribution in [3.8, 4) is 0 Å². The van der Waals surface area contributed by atoms with Gasteiger partial charge in [-0.05, 0) is 24.6 Å². The first-order valence-corrected chi connectivity index (χ1v) is 6.84. The molecule has 0 aromatic heterocycles. The van der Waals surface area contributed by atoms with Crippen LogP contribution in [-0.4, -0.2) is 21.2 Å². The Morgan fingerprint density at radius 3 is 2.44 bits per heavy atom. The smallest absolute Gasteiger partial charge is 0.176 e. The summed E-state index contributed by atoms with van der Waals surface area (Å²) < 4.78 is 36.4. The second kappa shape index (κ2) is 4.31. The molecule has 0 aliphatic carbocycles. The van der Waals surface area contributed by atoms with E-state index in [1.807, 2.05) is 0 Å². The molecule has 16 heavy (non-hydrogen) atoms. The Kier molecular flexibility index (Phi) is 3.62. The summed E-state index contributed by atoms with van der Waals surface area (Å²) in [4.78, 5) is -0.00858. The van der Waals surface area contributed by atoms with Crippen LogP contribution in [0.3, 0.4) is 0 Å².